The number of carbonyl (C=O) groups excluding carboxylic acids is 2. The van der Waals surface area contributed by atoms with Gasteiger partial charge in [-0.1, -0.05) is 82.7 Å². The van der Waals surface area contributed by atoms with E-state index in [0.717, 1.165) is 15.6 Å². The molecule has 2 amide bonds. The number of carbonyl (C=O) groups is 2. The van der Waals surface area contributed by atoms with Crippen LogP contribution in [0.15, 0.2) is 95.6 Å². The molecule has 0 aliphatic carbocycles. The molecule has 3 aromatic carbocycles. The molecular formula is C34H36BrN5O5. The molecule has 0 spiro atoms. The van der Waals surface area contributed by atoms with E-state index in [0.29, 0.717) is 35.6 Å². The van der Waals surface area contributed by atoms with E-state index in [2.05, 4.69) is 31.6 Å². The third kappa shape index (κ3) is 6.91. The van der Waals surface area contributed by atoms with E-state index in [1.165, 1.54) is 6.92 Å². The molecule has 4 atom stereocenters. The first-order chi connectivity index (χ1) is 21.6. The average Bonchev–Trinajstić information content (AvgIpc) is 3.58. The zero-order valence-corrected chi connectivity index (χ0v) is 26.6. The van der Waals surface area contributed by atoms with Crippen LogP contribution < -0.4 is 10.2 Å². The third-order valence-corrected chi connectivity index (χ3v) is 8.57. The van der Waals surface area contributed by atoms with Crippen molar-refractivity contribution >= 4 is 39.1 Å². The number of rotatable bonds is 12. The lowest BCUT2D eigenvalue weighted by Crippen LogP contribution is -2.44. The molecule has 45 heavy (non-hydrogen) atoms. The smallest absolute Gasteiger partial charge is 0.264 e. The molecule has 1 aliphatic rings. The van der Waals surface area contributed by atoms with E-state index < -0.39 is 29.4 Å². The molecule has 0 fully saturated rings. The minimum Gasteiger partial charge on any atom is -0.395 e. The van der Waals surface area contributed by atoms with Gasteiger partial charge < -0.3 is 25.5 Å². The summed E-state index contributed by atoms with van der Waals surface area (Å²) in [7, 11) is 0. The molecule has 0 saturated heterocycles. The first kappa shape index (κ1) is 32.2. The maximum atomic E-state index is 13.9. The number of aliphatic hydroxyl groups is 3. The van der Waals surface area contributed by atoms with Crippen molar-refractivity contribution in [3.8, 4) is 0 Å². The topological polar surface area (TPSA) is 141 Å². The van der Waals surface area contributed by atoms with Crippen LogP contribution in [-0.4, -0.2) is 54.8 Å². The van der Waals surface area contributed by atoms with Crippen molar-refractivity contribution in [3.05, 3.63) is 118 Å². The van der Waals surface area contributed by atoms with E-state index in [1.54, 1.807) is 39.9 Å². The normalized spacial score (nSPS) is 18.2. The van der Waals surface area contributed by atoms with Crippen LogP contribution in [0.3, 0.4) is 0 Å². The molecule has 10 nitrogen and oxygen atoms in total. The number of aromatic nitrogens is 3. The fourth-order valence-corrected chi connectivity index (χ4v) is 5.84. The Hall–Kier alpha value is -4.16. The number of fused-ring (bicyclic) bond motifs is 1. The Kier molecular flexibility index (Phi) is 9.93. The zero-order chi connectivity index (χ0) is 32.1. The van der Waals surface area contributed by atoms with Gasteiger partial charge in [0.1, 0.15) is 6.10 Å². The Bertz CT molecular complexity index is 1670. The number of benzene rings is 3. The van der Waals surface area contributed by atoms with Crippen LogP contribution >= 0.6 is 15.9 Å². The second kappa shape index (κ2) is 13.9. The largest absolute Gasteiger partial charge is 0.395 e. The Labute approximate surface area is 270 Å². The molecule has 0 saturated carbocycles. The van der Waals surface area contributed by atoms with Gasteiger partial charge >= 0.3 is 0 Å². The van der Waals surface area contributed by atoms with Gasteiger partial charge in [0.15, 0.2) is 5.60 Å². The molecule has 234 valence electrons. The number of nitrogens with zero attached hydrogens (tertiary/aromatic N) is 4. The van der Waals surface area contributed by atoms with Crippen molar-refractivity contribution < 1.29 is 24.9 Å². The second-order valence-electron chi connectivity index (χ2n) is 11.2. The number of hydrogen-bond acceptors (Lipinski definition) is 7. The van der Waals surface area contributed by atoms with Crippen molar-refractivity contribution in [3.63, 3.8) is 0 Å². The number of amides is 2. The summed E-state index contributed by atoms with van der Waals surface area (Å²) < 4.78 is 2.48. The van der Waals surface area contributed by atoms with Crippen molar-refractivity contribution in [1.29, 1.82) is 0 Å². The monoisotopic (exact) mass is 673 g/mol. The van der Waals surface area contributed by atoms with E-state index in [-0.39, 0.29) is 19.1 Å². The quantitative estimate of drug-likeness (QED) is 0.162. The number of aliphatic hydroxyl groups excluding tert-OH is 2. The number of aryl methyl sites for hydroxylation is 1. The van der Waals surface area contributed by atoms with Gasteiger partial charge in [-0.15, -0.1) is 5.10 Å². The van der Waals surface area contributed by atoms with Gasteiger partial charge in [0.2, 0.25) is 0 Å². The maximum Gasteiger partial charge on any atom is 0.264 e. The zero-order valence-electron chi connectivity index (χ0n) is 25.0. The summed E-state index contributed by atoms with van der Waals surface area (Å²) in [5, 5.41) is 42.5. The van der Waals surface area contributed by atoms with Gasteiger partial charge in [0, 0.05) is 34.4 Å². The number of nitrogens with one attached hydrogen (secondary N) is 1. The second-order valence-corrected chi connectivity index (χ2v) is 12.2. The van der Waals surface area contributed by atoms with Gasteiger partial charge in [-0.2, -0.15) is 0 Å². The predicted octanol–water partition coefficient (Wildman–Crippen LogP) is 4.50. The molecule has 0 radical (unpaired) electrons. The lowest BCUT2D eigenvalue weighted by Gasteiger charge is -2.27. The highest BCUT2D eigenvalue weighted by Crippen LogP contribution is 2.46. The van der Waals surface area contributed by atoms with E-state index >= 15 is 0 Å². The summed E-state index contributed by atoms with van der Waals surface area (Å²) in [6.45, 7) is 3.90. The lowest BCUT2D eigenvalue weighted by molar-refractivity contribution is -0.139. The standard InChI is InChI=1S/C34H36BrN5O5/c1-22(8-6-7-17-39-20-30(37-38-39)28(21-41)25-9-4-3-5-10-25)34(45)29-18-26(35)13-16-31(29)40(33(34)44)19-24-11-14-27(15-12-24)36-32(43)23(2)42/h3-6,8-16,18,20,22-23,28,41-42,45H,7,17,19,21H2,1-2H3,(H,36,43)/b8-6+/t22-,23+,28?,34+/m1/s1. The van der Waals surface area contributed by atoms with Crippen LogP contribution in [0, 0.1) is 5.92 Å². The van der Waals surface area contributed by atoms with Gasteiger partial charge in [0.05, 0.1) is 30.5 Å². The summed E-state index contributed by atoms with van der Waals surface area (Å²) >= 11 is 3.49. The van der Waals surface area contributed by atoms with Crippen molar-refractivity contribution in [1.82, 2.24) is 15.0 Å². The highest BCUT2D eigenvalue weighted by molar-refractivity contribution is 9.10. The summed E-state index contributed by atoms with van der Waals surface area (Å²) in [5.41, 5.74) is 2.38. The van der Waals surface area contributed by atoms with Crippen molar-refractivity contribution in [2.24, 2.45) is 5.92 Å². The summed E-state index contributed by atoms with van der Waals surface area (Å²) in [6.07, 6.45) is 5.08. The minimum atomic E-state index is -1.77. The van der Waals surface area contributed by atoms with Crippen LogP contribution in [0.25, 0.3) is 0 Å². The van der Waals surface area contributed by atoms with Crippen LogP contribution in [0.2, 0.25) is 0 Å². The van der Waals surface area contributed by atoms with Crippen LogP contribution in [0.5, 0.6) is 0 Å². The summed E-state index contributed by atoms with van der Waals surface area (Å²) in [6, 6.07) is 22.1. The molecule has 1 aliphatic heterocycles. The van der Waals surface area contributed by atoms with Gasteiger partial charge in [0.25, 0.3) is 11.8 Å². The number of hydrogen-bond donors (Lipinski definition) is 4. The van der Waals surface area contributed by atoms with E-state index in [1.807, 2.05) is 67.7 Å². The van der Waals surface area contributed by atoms with Crippen LogP contribution in [0.4, 0.5) is 11.4 Å². The molecule has 5 rings (SSSR count). The highest BCUT2D eigenvalue weighted by Gasteiger charge is 2.52. The molecular weight excluding hydrogens is 638 g/mol. The molecule has 0 bridgehead atoms. The Balaban J connectivity index is 1.27. The molecule has 11 heteroatoms. The Morgan fingerprint density at radius 1 is 1.09 bits per heavy atom. The minimum absolute atomic E-state index is 0.0746. The summed E-state index contributed by atoms with van der Waals surface area (Å²) in [4.78, 5) is 27.3. The fourth-order valence-electron chi connectivity index (χ4n) is 5.48. The number of halogens is 1. The number of anilines is 2. The SMILES string of the molecule is C[C@H](O)C(=O)Nc1ccc(CN2C(=O)[C@](O)([C@H](C)/C=C/CCn3cc(C(CO)c4ccccc4)nn3)c3cc(Br)ccc32)cc1. The van der Waals surface area contributed by atoms with Crippen LogP contribution in [0.1, 0.15) is 48.6 Å². The lowest BCUT2D eigenvalue weighted by atomic mass is 9.83. The summed E-state index contributed by atoms with van der Waals surface area (Å²) in [5.74, 6) is -1.72. The molecule has 4 N–H and O–H groups in total. The first-order valence-electron chi connectivity index (χ1n) is 14.8. The predicted molar refractivity (Wildman–Crippen MR) is 174 cm³/mol. The van der Waals surface area contributed by atoms with E-state index in [4.69, 9.17) is 0 Å². The maximum absolute atomic E-state index is 13.9. The van der Waals surface area contributed by atoms with Gasteiger partial charge in [-0.25, -0.2) is 0 Å². The first-order valence-corrected chi connectivity index (χ1v) is 15.6. The Morgan fingerprint density at radius 3 is 2.51 bits per heavy atom. The molecule has 1 aromatic heterocycles. The van der Waals surface area contributed by atoms with Crippen molar-refractivity contribution in [2.45, 2.75) is 51.0 Å². The molecule has 4 aromatic rings. The van der Waals surface area contributed by atoms with E-state index in [9.17, 15) is 24.9 Å². The Morgan fingerprint density at radius 2 is 1.82 bits per heavy atom. The molecule has 1 unspecified atom stereocenters. The van der Waals surface area contributed by atoms with Crippen LogP contribution in [-0.2, 0) is 28.3 Å². The van der Waals surface area contributed by atoms with Gasteiger partial charge in [-0.05, 0) is 54.8 Å². The molecule has 2 heterocycles. The van der Waals surface area contributed by atoms with Crippen molar-refractivity contribution in [2.75, 3.05) is 16.8 Å². The third-order valence-electron chi connectivity index (χ3n) is 8.08. The highest BCUT2D eigenvalue weighted by atomic mass is 79.9. The fraction of sp³-hybridized carbons (Fsp3) is 0.294. The average molecular weight is 675 g/mol. The van der Waals surface area contributed by atoms with Gasteiger partial charge in [-0.3, -0.25) is 14.3 Å². The number of allylic oxidation sites excluding steroid dienone is 1.